The lowest BCUT2D eigenvalue weighted by Crippen LogP contribution is -2.09. The van der Waals surface area contributed by atoms with Gasteiger partial charge in [0.15, 0.2) is 0 Å². The molecule has 0 spiro atoms. The van der Waals surface area contributed by atoms with E-state index in [0.29, 0.717) is 0 Å². The monoisotopic (exact) mass is 763 g/mol. The Morgan fingerprint density at radius 3 is 1.20 bits per heavy atom. The Bertz CT molecular complexity index is 1490. The number of nitrogens with zero attached hydrogens (tertiary/aromatic N) is 2. The van der Waals surface area contributed by atoms with E-state index in [-0.39, 0.29) is 0 Å². The van der Waals surface area contributed by atoms with Crippen LogP contribution in [0.5, 0.6) is 0 Å². The van der Waals surface area contributed by atoms with Gasteiger partial charge in [0.25, 0.3) is 0 Å². The molecule has 0 saturated carbocycles. The lowest BCUT2D eigenvalue weighted by molar-refractivity contribution is -0.345. The molecule has 1 heterocycles. The topological polar surface area (TPSA) is 25.3 Å². The molecule has 0 amide bonds. The Labute approximate surface area is 347 Å². The fourth-order valence-corrected chi connectivity index (χ4v) is 8.83. The van der Waals surface area contributed by atoms with Crippen molar-refractivity contribution in [3.63, 3.8) is 0 Å². The molecule has 312 valence electrons. The summed E-state index contributed by atoms with van der Waals surface area (Å²) in [7, 11) is 0. The molecule has 0 fully saturated rings. The van der Waals surface area contributed by atoms with Crippen molar-refractivity contribution in [2.45, 2.75) is 235 Å². The molecule has 0 radical (unpaired) electrons. The van der Waals surface area contributed by atoms with Crippen LogP contribution in [0.2, 0.25) is 0 Å². The molecule has 2 heteroatoms. The number of unbranched alkanes of at least 4 members (excludes halogenated alkanes) is 13. The van der Waals surface area contributed by atoms with Crippen molar-refractivity contribution in [2.75, 3.05) is 0 Å². The Hall–Kier alpha value is -2.74. The molecule has 2 nitrogen and oxygen atoms in total. The summed E-state index contributed by atoms with van der Waals surface area (Å²) in [5, 5.41) is 0. The second-order valence-corrected chi connectivity index (χ2v) is 17.1. The fourth-order valence-electron chi connectivity index (χ4n) is 8.83. The first-order chi connectivity index (χ1) is 27.4. The van der Waals surface area contributed by atoms with Gasteiger partial charge < -0.3 is 5.53 Å². The minimum absolute atomic E-state index is 0.998. The van der Waals surface area contributed by atoms with Crippen LogP contribution in [0.15, 0.2) is 47.6 Å². The van der Waals surface area contributed by atoms with Gasteiger partial charge >= 0.3 is 0 Å². The molecule has 3 rings (SSSR count). The minimum Gasteiger partial charge on any atom is -0.493 e. The Morgan fingerprint density at radius 1 is 0.411 bits per heavy atom. The normalized spacial score (nSPS) is 13.4. The predicted octanol–water partition coefficient (Wildman–Crippen LogP) is 17.4. The van der Waals surface area contributed by atoms with Gasteiger partial charge in [0.1, 0.15) is 0 Å². The highest BCUT2D eigenvalue weighted by Gasteiger charge is 2.36. The highest BCUT2D eigenvalue weighted by molar-refractivity contribution is 5.85. The molecule has 2 aromatic carbocycles. The molecule has 0 N–H and O–H groups in total. The molecule has 0 aromatic heterocycles. The maximum absolute atomic E-state index is 12.9. The van der Waals surface area contributed by atoms with Crippen LogP contribution in [0, 0.1) is 0 Å². The van der Waals surface area contributed by atoms with Crippen LogP contribution in [0.3, 0.4) is 0 Å². The zero-order chi connectivity index (χ0) is 40.5. The summed E-state index contributed by atoms with van der Waals surface area (Å²) in [4.78, 5) is 0. The fraction of sp³-hybridized carbons (Fsp3) is 0.667. The van der Waals surface area contributed by atoms with E-state index in [1.165, 1.54) is 179 Å². The summed E-state index contributed by atoms with van der Waals surface area (Å²) in [6, 6.07) is 10.1. The summed E-state index contributed by atoms with van der Waals surface area (Å²) in [5.41, 5.74) is 29.4. The van der Waals surface area contributed by atoms with Gasteiger partial charge in [-0.05, 0) is 160 Å². The van der Waals surface area contributed by atoms with Crippen LogP contribution >= 0.6 is 0 Å². The Morgan fingerprint density at radius 2 is 0.786 bits per heavy atom. The van der Waals surface area contributed by atoms with Gasteiger partial charge in [0, 0.05) is 16.7 Å². The zero-order valence-electron chi connectivity index (χ0n) is 38.2. The smallest absolute Gasteiger partial charge is 0.215 e. The summed E-state index contributed by atoms with van der Waals surface area (Å²) in [6.45, 7) is 18.6. The number of benzene rings is 2. The van der Waals surface area contributed by atoms with Crippen molar-refractivity contribution in [1.29, 1.82) is 0 Å². The van der Waals surface area contributed by atoms with Crippen molar-refractivity contribution in [1.82, 2.24) is 0 Å². The second-order valence-electron chi connectivity index (χ2n) is 17.1. The molecule has 56 heavy (non-hydrogen) atoms. The number of rotatable bonds is 31. The van der Waals surface area contributed by atoms with Gasteiger partial charge in [0.2, 0.25) is 11.4 Å². The average Bonchev–Trinajstić information content (AvgIpc) is 3.48. The standard InChI is InChI=1S/C54H86N2/c1-9-17-25-27-28-30-38-52-51(37-29-26-18-10-2)53(47-39-43(31-19-11-3)49(35-23-15-7)44(40-47)32-20-12-4)56(55)54(52)48-41-45(33-21-13-5)50(36-24-16-8)46(42-48)34-22-14-6/h30,38-42H,9-29,31-37H2,1-8H3. The van der Waals surface area contributed by atoms with Crippen molar-refractivity contribution in [2.24, 2.45) is 0 Å². The third-order valence-corrected chi connectivity index (χ3v) is 12.3. The number of allylic oxidation sites excluding steroid dienone is 4. The van der Waals surface area contributed by atoms with Crippen molar-refractivity contribution in [3.05, 3.63) is 97.6 Å². The van der Waals surface area contributed by atoms with E-state index in [9.17, 15) is 5.53 Å². The van der Waals surface area contributed by atoms with Crippen molar-refractivity contribution >= 4 is 11.4 Å². The summed E-state index contributed by atoms with van der Waals surface area (Å²) >= 11 is 0. The molecule has 0 atom stereocenters. The molecular weight excluding hydrogens is 677 g/mol. The van der Waals surface area contributed by atoms with Crippen molar-refractivity contribution in [3.8, 4) is 0 Å². The van der Waals surface area contributed by atoms with E-state index in [0.717, 1.165) is 56.3 Å². The van der Waals surface area contributed by atoms with E-state index >= 15 is 0 Å². The maximum Gasteiger partial charge on any atom is 0.215 e. The number of aryl methyl sites for hydroxylation is 4. The summed E-state index contributed by atoms with van der Waals surface area (Å²) in [6.07, 6.45) is 38.3. The molecule has 0 unspecified atom stereocenters. The average molecular weight is 763 g/mol. The molecule has 1 aliphatic rings. The van der Waals surface area contributed by atoms with Gasteiger partial charge in [-0.2, -0.15) is 0 Å². The lowest BCUT2D eigenvalue weighted by Gasteiger charge is -2.20. The number of hydrogen-bond acceptors (Lipinski definition) is 0. The molecule has 2 aromatic rings. The van der Waals surface area contributed by atoms with E-state index < -0.39 is 0 Å². The Kier molecular flexibility index (Phi) is 23.7. The first-order valence-corrected chi connectivity index (χ1v) is 24.4. The van der Waals surface area contributed by atoms with Crippen LogP contribution in [0.25, 0.3) is 16.9 Å². The minimum atomic E-state index is 0.998. The Balaban J connectivity index is 2.40. The van der Waals surface area contributed by atoms with Gasteiger partial charge in [0.05, 0.1) is 5.57 Å². The summed E-state index contributed by atoms with van der Waals surface area (Å²) in [5.74, 6) is 0. The lowest BCUT2D eigenvalue weighted by atomic mass is 9.86. The quantitative estimate of drug-likeness (QED) is 0.0540. The molecular formula is C54H86N2. The third kappa shape index (κ3) is 14.3. The summed E-state index contributed by atoms with van der Waals surface area (Å²) < 4.78 is 1.69. The third-order valence-electron chi connectivity index (χ3n) is 12.3. The van der Waals surface area contributed by atoms with E-state index in [2.05, 4.69) is 91.8 Å². The van der Waals surface area contributed by atoms with Gasteiger partial charge in [-0.25, -0.2) is 4.70 Å². The molecule has 0 bridgehead atoms. The van der Waals surface area contributed by atoms with Crippen LogP contribution in [-0.2, 0) is 38.5 Å². The van der Waals surface area contributed by atoms with E-state index in [4.69, 9.17) is 0 Å². The highest BCUT2D eigenvalue weighted by Crippen LogP contribution is 2.45. The second kappa shape index (κ2) is 27.8. The molecule has 1 aliphatic heterocycles. The van der Waals surface area contributed by atoms with Gasteiger partial charge in [-0.1, -0.05) is 145 Å². The van der Waals surface area contributed by atoms with Crippen LogP contribution in [0.4, 0.5) is 0 Å². The first-order valence-electron chi connectivity index (χ1n) is 24.4. The van der Waals surface area contributed by atoms with Gasteiger partial charge in [-0.15, -0.1) is 0 Å². The SMILES string of the molecule is CCCCCCC=CC1=C(c2cc(CCCC)c(CCCC)c(CCCC)c2)[N+](=[N-])C(c2cc(CCCC)c(CCCC)c(CCCC)c2)=C1CCCCCC. The number of hydrogen-bond donors (Lipinski definition) is 0. The van der Waals surface area contributed by atoms with Gasteiger partial charge in [-0.3, -0.25) is 0 Å². The highest BCUT2D eigenvalue weighted by atomic mass is 15.2. The molecule has 0 aliphatic carbocycles. The zero-order valence-corrected chi connectivity index (χ0v) is 38.2. The van der Waals surface area contributed by atoms with Crippen LogP contribution in [0.1, 0.15) is 241 Å². The largest absolute Gasteiger partial charge is 0.493 e. The first kappa shape index (κ1) is 47.6. The molecule has 0 saturated heterocycles. The van der Waals surface area contributed by atoms with Crippen LogP contribution < -0.4 is 0 Å². The maximum atomic E-state index is 12.9. The predicted molar refractivity (Wildman–Crippen MR) is 249 cm³/mol. The van der Waals surface area contributed by atoms with E-state index in [1.807, 2.05) is 0 Å². The van der Waals surface area contributed by atoms with Crippen molar-refractivity contribution < 1.29 is 4.70 Å². The van der Waals surface area contributed by atoms with E-state index in [1.54, 1.807) is 15.8 Å². The van der Waals surface area contributed by atoms with Crippen LogP contribution in [-0.4, -0.2) is 4.70 Å².